The predicted molar refractivity (Wildman–Crippen MR) is 137 cm³/mol. The fourth-order valence-corrected chi connectivity index (χ4v) is 4.68. The van der Waals surface area contributed by atoms with Crippen molar-refractivity contribution >= 4 is 22.3 Å². The van der Waals surface area contributed by atoms with E-state index in [-0.39, 0.29) is 11.8 Å². The number of anilines is 2. The highest BCUT2D eigenvalue weighted by molar-refractivity contribution is 7.18. The van der Waals surface area contributed by atoms with Gasteiger partial charge in [-0.2, -0.15) is 18.2 Å². The lowest BCUT2D eigenvalue weighted by molar-refractivity contribution is -0.138. The van der Waals surface area contributed by atoms with Crippen LogP contribution in [0.3, 0.4) is 0 Å². The van der Waals surface area contributed by atoms with E-state index in [0.29, 0.717) is 27.2 Å². The molecule has 0 saturated carbocycles. The van der Waals surface area contributed by atoms with Crippen LogP contribution in [0.5, 0.6) is 11.8 Å². The van der Waals surface area contributed by atoms with E-state index in [9.17, 15) is 13.2 Å². The quantitative estimate of drug-likeness (QED) is 0.346. The van der Waals surface area contributed by atoms with Gasteiger partial charge in [-0.05, 0) is 32.2 Å². The summed E-state index contributed by atoms with van der Waals surface area (Å²) in [4.78, 5) is 27.2. The number of hydrogen-bond donors (Lipinski definition) is 1. The summed E-state index contributed by atoms with van der Waals surface area (Å²) in [7, 11) is 2.12. The van der Waals surface area contributed by atoms with Crippen molar-refractivity contribution in [3.8, 4) is 22.3 Å². The highest BCUT2D eigenvalue weighted by Gasteiger charge is 2.34. The zero-order valence-electron chi connectivity index (χ0n) is 20.7. The first kappa shape index (κ1) is 25.9. The molecule has 3 aromatic heterocycles. The number of piperazine rings is 1. The molecule has 1 aliphatic rings. The molecule has 13 heteroatoms. The maximum atomic E-state index is 13.3. The monoisotopic (exact) mass is 542 g/mol. The van der Waals surface area contributed by atoms with Gasteiger partial charge in [0.2, 0.25) is 0 Å². The highest BCUT2D eigenvalue weighted by atomic mass is 32.1. The SMILES string of the molecule is Cc1cc(-c2cnc(Nc3cnc(CN4CCN(C)CC4)cn3)s2)nc(Oc2ccccc2C(F)(F)F)n1. The van der Waals surface area contributed by atoms with E-state index in [2.05, 4.69) is 47.1 Å². The summed E-state index contributed by atoms with van der Waals surface area (Å²) in [5.74, 6) is 0.192. The first-order chi connectivity index (χ1) is 18.2. The van der Waals surface area contributed by atoms with Crippen LogP contribution in [0.4, 0.5) is 24.1 Å². The lowest BCUT2D eigenvalue weighted by Crippen LogP contribution is -2.44. The number of rotatable bonds is 7. The Labute approximate surface area is 221 Å². The summed E-state index contributed by atoms with van der Waals surface area (Å²) >= 11 is 1.32. The van der Waals surface area contributed by atoms with Crippen molar-refractivity contribution in [3.05, 3.63) is 65.9 Å². The first-order valence-electron chi connectivity index (χ1n) is 11.9. The van der Waals surface area contributed by atoms with Crippen LogP contribution in [-0.2, 0) is 12.7 Å². The lowest BCUT2D eigenvalue weighted by atomic mass is 10.2. The lowest BCUT2D eigenvalue weighted by Gasteiger charge is -2.31. The summed E-state index contributed by atoms with van der Waals surface area (Å²) in [5.41, 5.74) is 1.03. The zero-order valence-corrected chi connectivity index (χ0v) is 21.6. The van der Waals surface area contributed by atoms with Gasteiger partial charge >= 0.3 is 12.2 Å². The normalized spacial score (nSPS) is 15.0. The van der Waals surface area contributed by atoms with Gasteiger partial charge < -0.3 is 15.0 Å². The molecule has 198 valence electrons. The van der Waals surface area contributed by atoms with Crippen LogP contribution in [0, 0.1) is 6.92 Å². The molecule has 0 aliphatic carbocycles. The third-order valence-corrected chi connectivity index (χ3v) is 6.84. The minimum Gasteiger partial charge on any atom is -0.424 e. The number of thiazole rings is 1. The molecule has 4 heterocycles. The number of ether oxygens (including phenoxy) is 1. The molecule has 1 N–H and O–H groups in total. The van der Waals surface area contributed by atoms with E-state index in [4.69, 9.17) is 4.74 Å². The smallest absolute Gasteiger partial charge is 0.419 e. The molecule has 1 saturated heterocycles. The average molecular weight is 543 g/mol. The third kappa shape index (κ3) is 6.41. The number of para-hydroxylation sites is 1. The molecule has 0 unspecified atom stereocenters. The van der Waals surface area contributed by atoms with Crippen LogP contribution in [0.2, 0.25) is 0 Å². The number of aryl methyl sites for hydroxylation is 1. The number of hydrogen-bond acceptors (Lipinski definition) is 10. The molecule has 38 heavy (non-hydrogen) atoms. The molecule has 0 amide bonds. The van der Waals surface area contributed by atoms with Crippen molar-refractivity contribution in [2.75, 3.05) is 38.5 Å². The molecular formula is C25H25F3N8OS. The van der Waals surface area contributed by atoms with Gasteiger partial charge in [-0.15, -0.1) is 0 Å². The van der Waals surface area contributed by atoms with Gasteiger partial charge in [-0.3, -0.25) is 9.88 Å². The van der Waals surface area contributed by atoms with Crippen molar-refractivity contribution in [3.63, 3.8) is 0 Å². The summed E-state index contributed by atoms with van der Waals surface area (Å²) in [6, 6.07) is 6.49. The number of benzene rings is 1. The Morgan fingerprint density at radius 3 is 2.53 bits per heavy atom. The Bertz CT molecular complexity index is 1390. The standard InChI is InChI=1S/C25H25F3N8OS/c1-16-11-19(33-23(32-16)37-20-6-4-3-5-18(20)25(26,27)28)21-13-31-24(38-21)34-22-14-29-17(12-30-22)15-36-9-7-35(2)8-10-36/h3-6,11-14H,7-10,15H2,1-2H3,(H,30,31,34). The van der Waals surface area contributed by atoms with Gasteiger partial charge in [0, 0.05) is 44.6 Å². The Balaban J connectivity index is 1.27. The third-order valence-electron chi connectivity index (χ3n) is 5.91. The second-order valence-corrected chi connectivity index (χ2v) is 9.93. The number of nitrogens with one attached hydrogen (secondary N) is 1. The summed E-state index contributed by atoms with van der Waals surface area (Å²) in [6.07, 6.45) is 0.487. The second kappa shape index (κ2) is 11.0. The summed E-state index contributed by atoms with van der Waals surface area (Å²) in [5, 5.41) is 3.71. The van der Waals surface area contributed by atoms with Gasteiger partial charge in [0.15, 0.2) is 10.9 Å². The molecule has 9 nitrogen and oxygen atoms in total. The number of halogens is 3. The van der Waals surface area contributed by atoms with Crippen LogP contribution < -0.4 is 10.1 Å². The van der Waals surface area contributed by atoms with Gasteiger partial charge in [0.05, 0.1) is 34.2 Å². The fourth-order valence-electron chi connectivity index (χ4n) is 3.90. The topological polar surface area (TPSA) is 92.2 Å². The van der Waals surface area contributed by atoms with Crippen LogP contribution in [-0.4, -0.2) is 67.9 Å². The molecule has 0 atom stereocenters. The molecule has 1 aromatic carbocycles. The average Bonchev–Trinajstić information content (AvgIpc) is 3.35. The fraction of sp³-hybridized carbons (Fsp3) is 0.320. The Kier molecular flexibility index (Phi) is 7.49. The number of alkyl halides is 3. The van der Waals surface area contributed by atoms with Crippen LogP contribution in [0.1, 0.15) is 17.0 Å². The van der Waals surface area contributed by atoms with Crippen LogP contribution in [0.25, 0.3) is 10.6 Å². The Hall–Kier alpha value is -3.68. The van der Waals surface area contributed by atoms with Crippen molar-refractivity contribution < 1.29 is 17.9 Å². The molecule has 0 bridgehead atoms. The maximum Gasteiger partial charge on any atom is 0.419 e. The van der Waals surface area contributed by atoms with E-state index in [1.54, 1.807) is 31.6 Å². The number of aromatic nitrogens is 5. The van der Waals surface area contributed by atoms with Crippen molar-refractivity contribution in [1.29, 1.82) is 0 Å². The summed E-state index contributed by atoms with van der Waals surface area (Å²) < 4.78 is 45.5. The molecule has 0 radical (unpaired) electrons. The zero-order chi connectivity index (χ0) is 26.7. The second-order valence-electron chi connectivity index (χ2n) is 8.90. The van der Waals surface area contributed by atoms with Gasteiger partial charge in [-0.1, -0.05) is 23.5 Å². The van der Waals surface area contributed by atoms with Crippen molar-refractivity contribution in [2.24, 2.45) is 0 Å². The van der Waals surface area contributed by atoms with E-state index < -0.39 is 11.7 Å². The van der Waals surface area contributed by atoms with E-state index >= 15 is 0 Å². The predicted octanol–water partition coefficient (Wildman–Crippen LogP) is 5.00. The van der Waals surface area contributed by atoms with E-state index in [1.807, 2.05) is 0 Å². The maximum absolute atomic E-state index is 13.3. The van der Waals surface area contributed by atoms with Gasteiger partial charge in [-0.25, -0.2) is 15.0 Å². The molecule has 0 spiro atoms. The molecule has 1 fully saturated rings. The number of likely N-dealkylation sites (N-methyl/N-ethyl adjacent to an activating group) is 1. The highest BCUT2D eigenvalue weighted by Crippen LogP contribution is 2.38. The Morgan fingerprint density at radius 2 is 1.79 bits per heavy atom. The van der Waals surface area contributed by atoms with Crippen molar-refractivity contribution in [2.45, 2.75) is 19.6 Å². The van der Waals surface area contributed by atoms with E-state index in [0.717, 1.165) is 44.5 Å². The molecule has 5 rings (SSSR count). The largest absolute Gasteiger partial charge is 0.424 e. The molecule has 1 aliphatic heterocycles. The van der Waals surface area contributed by atoms with Gasteiger partial charge in [0.25, 0.3) is 0 Å². The summed E-state index contributed by atoms with van der Waals surface area (Å²) in [6.45, 7) is 6.56. The van der Waals surface area contributed by atoms with Gasteiger partial charge in [0.1, 0.15) is 5.75 Å². The van der Waals surface area contributed by atoms with Crippen LogP contribution in [0.15, 0.2) is 48.9 Å². The van der Waals surface area contributed by atoms with Crippen molar-refractivity contribution in [1.82, 2.24) is 34.7 Å². The minimum atomic E-state index is -4.56. The molecule has 4 aromatic rings. The molecular weight excluding hydrogens is 517 g/mol. The van der Waals surface area contributed by atoms with Crippen LogP contribution >= 0.6 is 11.3 Å². The minimum absolute atomic E-state index is 0.179. The van der Waals surface area contributed by atoms with E-state index in [1.165, 1.54) is 29.5 Å². The Morgan fingerprint density at radius 1 is 1.00 bits per heavy atom. The first-order valence-corrected chi connectivity index (χ1v) is 12.7. The number of nitrogens with zero attached hydrogens (tertiary/aromatic N) is 7.